The van der Waals surface area contributed by atoms with Gasteiger partial charge in [0.1, 0.15) is 10.7 Å². The summed E-state index contributed by atoms with van der Waals surface area (Å²) in [6, 6.07) is 0.242. The number of hydrogen-bond donors (Lipinski definition) is 1. The zero-order valence-corrected chi connectivity index (χ0v) is 16.5. The van der Waals surface area contributed by atoms with E-state index in [9.17, 15) is 9.59 Å². The minimum absolute atomic E-state index is 0.0331. The zero-order valence-electron chi connectivity index (χ0n) is 15.6. The van der Waals surface area contributed by atoms with Gasteiger partial charge in [0, 0.05) is 19.0 Å². The Balaban J connectivity index is 1.70. The summed E-state index contributed by atoms with van der Waals surface area (Å²) in [5.74, 6) is 1.36. The fourth-order valence-electron chi connectivity index (χ4n) is 4.39. The van der Waals surface area contributed by atoms with Crippen molar-refractivity contribution >= 4 is 27.5 Å². The van der Waals surface area contributed by atoms with Crippen LogP contribution in [-0.4, -0.2) is 21.5 Å². The van der Waals surface area contributed by atoms with Gasteiger partial charge in [0.2, 0.25) is 0 Å². The molecule has 2 aromatic heterocycles. The van der Waals surface area contributed by atoms with Crippen LogP contribution < -0.4 is 10.9 Å². The van der Waals surface area contributed by atoms with Crippen LogP contribution in [0.2, 0.25) is 0 Å². The van der Waals surface area contributed by atoms with Crippen molar-refractivity contribution in [2.75, 3.05) is 0 Å². The maximum Gasteiger partial charge on any atom is 0.262 e. The first-order valence-corrected chi connectivity index (χ1v) is 10.7. The first kappa shape index (κ1) is 17.7. The Kier molecular flexibility index (Phi) is 4.86. The van der Waals surface area contributed by atoms with Crippen molar-refractivity contribution in [2.24, 2.45) is 5.92 Å². The van der Waals surface area contributed by atoms with Crippen LogP contribution in [0.25, 0.3) is 10.2 Å². The summed E-state index contributed by atoms with van der Waals surface area (Å²) in [7, 11) is 0. The Labute approximate surface area is 157 Å². The predicted octanol–water partition coefficient (Wildman–Crippen LogP) is 3.80. The molecule has 6 heteroatoms. The number of hydrogen-bond acceptors (Lipinski definition) is 4. The number of nitrogens with one attached hydrogen (secondary N) is 1. The molecule has 1 saturated carbocycles. The van der Waals surface area contributed by atoms with Crippen LogP contribution in [0.5, 0.6) is 0 Å². The topological polar surface area (TPSA) is 64.0 Å². The van der Waals surface area contributed by atoms with Gasteiger partial charge in [-0.15, -0.1) is 11.3 Å². The standard InChI is InChI=1S/C20H27N3O2S/c1-12-8-5-6-9-14(12)21-18(24)17-13(2)16-19(26-17)22-15-10-4-3-7-11-23(15)20(16)25/h12,14H,3-11H2,1-2H3,(H,21,24)/t12-,14-/m0/s1. The average molecular weight is 374 g/mol. The molecule has 1 N–H and O–H groups in total. The maximum atomic E-state index is 13.0. The molecule has 26 heavy (non-hydrogen) atoms. The molecule has 0 spiro atoms. The SMILES string of the molecule is Cc1c(C(=O)N[C@H]2CCCC[C@@H]2C)sc2nc3n(c(=O)c12)CCCCC3. The van der Waals surface area contributed by atoms with Crippen LogP contribution in [-0.2, 0) is 13.0 Å². The number of aryl methyl sites for hydroxylation is 2. The first-order chi connectivity index (χ1) is 12.6. The van der Waals surface area contributed by atoms with E-state index in [1.165, 1.54) is 30.6 Å². The Morgan fingerprint density at radius 3 is 2.81 bits per heavy atom. The van der Waals surface area contributed by atoms with Gasteiger partial charge in [0.05, 0.1) is 10.3 Å². The van der Waals surface area contributed by atoms with E-state index in [4.69, 9.17) is 4.98 Å². The Bertz CT molecular complexity index is 899. The summed E-state index contributed by atoms with van der Waals surface area (Å²) in [4.78, 5) is 32.1. The molecule has 1 aliphatic heterocycles. The number of thiophene rings is 1. The van der Waals surface area contributed by atoms with E-state index < -0.39 is 0 Å². The molecule has 0 aromatic carbocycles. The molecular weight excluding hydrogens is 346 g/mol. The molecule has 4 rings (SSSR count). The van der Waals surface area contributed by atoms with Crippen molar-refractivity contribution in [3.05, 3.63) is 26.6 Å². The van der Waals surface area contributed by atoms with E-state index in [1.54, 1.807) is 0 Å². The van der Waals surface area contributed by atoms with Crippen LogP contribution in [0.15, 0.2) is 4.79 Å². The van der Waals surface area contributed by atoms with Crippen molar-refractivity contribution in [1.82, 2.24) is 14.9 Å². The van der Waals surface area contributed by atoms with E-state index in [2.05, 4.69) is 12.2 Å². The quantitative estimate of drug-likeness (QED) is 0.871. The molecule has 1 aliphatic carbocycles. The second-order valence-electron chi connectivity index (χ2n) is 7.87. The lowest BCUT2D eigenvalue weighted by Crippen LogP contribution is -2.41. The first-order valence-electron chi connectivity index (χ1n) is 9.90. The smallest absolute Gasteiger partial charge is 0.262 e. The van der Waals surface area contributed by atoms with Gasteiger partial charge in [0.25, 0.3) is 11.5 Å². The molecule has 1 fully saturated rings. The summed E-state index contributed by atoms with van der Waals surface area (Å²) in [5, 5.41) is 3.86. The Hall–Kier alpha value is -1.69. The minimum Gasteiger partial charge on any atom is -0.348 e. The van der Waals surface area contributed by atoms with Gasteiger partial charge in [-0.3, -0.25) is 14.2 Å². The van der Waals surface area contributed by atoms with Gasteiger partial charge in [-0.2, -0.15) is 0 Å². The Morgan fingerprint density at radius 1 is 1.19 bits per heavy atom. The number of nitrogens with zero attached hydrogens (tertiary/aromatic N) is 2. The van der Waals surface area contributed by atoms with E-state index >= 15 is 0 Å². The van der Waals surface area contributed by atoms with Gasteiger partial charge in [0.15, 0.2) is 0 Å². The van der Waals surface area contributed by atoms with Crippen molar-refractivity contribution in [1.29, 1.82) is 0 Å². The normalized spacial score (nSPS) is 23.5. The van der Waals surface area contributed by atoms with Crippen molar-refractivity contribution in [3.8, 4) is 0 Å². The number of aromatic nitrogens is 2. The second-order valence-corrected chi connectivity index (χ2v) is 8.87. The van der Waals surface area contributed by atoms with E-state index in [-0.39, 0.29) is 17.5 Å². The summed E-state index contributed by atoms with van der Waals surface area (Å²) in [6.45, 7) is 4.85. The van der Waals surface area contributed by atoms with Crippen LogP contribution in [0.4, 0.5) is 0 Å². The van der Waals surface area contributed by atoms with Crippen molar-refractivity contribution in [2.45, 2.75) is 77.8 Å². The molecule has 1 amide bonds. The lowest BCUT2D eigenvalue weighted by Gasteiger charge is -2.29. The molecule has 3 heterocycles. The van der Waals surface area contributed by atoms with Crippen LogP contribution in [0.3, 0.4) is 0 Å². The van der Waals surface area contributed by atoms with Gasteiger partial charge < -0.3 is 5.32 Å². The van der Waals surface area contributed by atoms with Gasteiger partial charge in [-0.1, -0.05) is 26.2 Å². The number of carbonyl (C=O) groups is 1. The summed E-state index contributed by atoms with van der Waals surface area (Å²) in [5.41, 5.74) is 0.828. The molecule has 0 saturated heterocycles. The van der Waals surface area contributed by atoms with Crippen LogP contribution >= 0.6 is 11.3 Å². The van der Waals surface area contributed by atoms with Gasteiger partial charge in [-0.25, -0.2) is 4.98 Å². The third-order valence-electron chi connectivity index (χ3n) is 6.05. The summed E-state index contributed by atoms with van der Waals surface area (Å²) >= 11 is 1.38. The number of rotatable bonds is 2. The number of fused-ring (bicyclic) bond motifs is 2. The van der Waals surface area contributed by atoms with E-state index in [0.29, 0.717) is 16.2 Å². The second kappa shape index (κ2) is 7.14. The third-order valence-corrected chi connectivity index (χ3v) is 7.23. The number of carbonyl (C=O) groups excluding carboxylic acids is 1. The number of amides is 1. The third kappa shape index (κ3) is 3.08. The highest BCUT2D eigenvalue weighted by atomic mass is 32.1. The van der Waals surface area contributed by atoms with Gasteiger partial charge >= 0.3 is 0 Å². The molecule has 5 nitrogen and oxygen atoms in total. The molecule has 2 atom stereocenters. The highest BCUT2D eigenvalue weighted by Crippen LogP contribution is 2.30. The zero-order chi connectivity index (χ0) is 18.3. The highest BCUT2D eigenvalue weighted by Gasteiger charge is 2.26. The lowest BCUT2D eigenvalue weighted by molar-refractivity contribution is 0.0914. The highest BCUT2D eigenvalue weighted by molar-refractivity contribution is 7.20. The fourth-order valence-corrected chi connectivity index (χ4v) is 5.48. The summed E-state index contributed by atoms with van der Waals surface area (Å²) < 4.78 is 1.83. The maximum absolute atomic E-state index is 13.0. The molecular formula is C20H27N3O2S. The molecule has 0 unspecified atom stereocenters. The molecule has 0 radical (unpaired) electrons. The van der Waals surface area contributed by atoms with Crippen LogP contribution in [0.1, 0.15) is 72.9 Å². The monoisotopic (exact) mass is 373 g/mol. The van der Waals surface area contributed by atoms with E-state index in [0.717, 1.165) is 54.9 Å². The molecule has 2 aromatic rings. The van der Waals surface area contributed by atoms with E-state index in [1.807, 2.05) is 11.5 Å². The molecule has 0 bridgehead atoms. The van der Waals surface area contributed by atoms with Crippen molar-refractivity contribution in [3.63, 3.8) is 0 Å². The minimum atomic E-state index is -0.0381. The van der Waals surface area contributed by atoms with Crippen LogP contribution in [0, 0.1) is 12.8 Å². The summed E-state index contributed by atoms with van der Waals surface area (Å²) in [6.07, 6.45) is 8.74. The van der Waals surface area contributed by atoms with Crippen molar-refractivity contribution < 1.29 is 4.79 Å². The average Bonchev–Trinajstić information content (AvgIpc) is 2.80. The molecule has 2 aliphatic rings. The predicted molar refractivity (Wildman–Crippen MR) is 105 cm³/mol. The van der Waals surface area contributed by atoms with Gasteiger partial charge in [-0.05, 0) is 44.1 Å². The molecule has 140 valence electrons. The fraction of sp³-hybridized carbons (Fsp3) is 0.650. The Morgan fingerprint density at radius 2 is 2.00 bits per heavy atom. The lowest BCUT2D eigenvalue weighted by atomic mass is 9.86. The largest absolute Gasteiger partial charge is 0.348 e.